The van der Waals surface area contributed by atoms with Crippen LogP contribution >= 0.6 is 0 Å². The molecule has 0 spiro atoms. The van der Waals surface area contributed by atoms with Gasteiger partial charge >= 0.3 is 17.9 Å². The maximum Gasteiger partial charge on any atom is 0.306 e. The highest BCUT2D eigenvalue weighted by Gasteiger charge is 2.19. The summed E-state index contributed by atoms with van der Waals surface area (Å²) in [4.78, 5) is 38.0. The van der Waals surface area contributed by atoms with Crippen LogP contribution in [0.3, 0.4) is 0 Å². The Balaban J connectivity index is 4.33. The number of rotatable bonds is 47. The Hall–Kier alpha value is -1.59. The molecule has 0 saturated heterocycles. The van der Waals surface area contributed by atoms with Gasteiger partial charge in [-0.3, -0.25) is 14.4 Å². The first-order valence-corrected chi connectivity index (χ1v) is 26.3. The monoisotopic (exact) mass is 835 g/mol. The second-order valence-corrected chi connectivity index (χ2v) is 18.9. The largest absolute Gasteiger partial charge is 0.462 e. The Bertz CT molecular complexity index is 902. The summed E-state index contributed by atoms with van der Waals surface area (Å²) in [5.74, 6) is 0.838. The molecule has 2 atom stereocenters. The normalized spacial score (nSPS) is 12.5. The van der Waals surface area contributed by atoms with Gasteiger partial charge in [0, 0.05) is 19.3 Å². The molecule has 0 bridgehead atoms. The van der Waals surface area contributed by atoms with Crippen LogP contribution < -0.4 is 0 Å². The van der Waals surface area contributed by atoms with E-state index in [1.807, 2.05) is 0 Å². The second-order valence-electron chi connectivity index (χ2n) is 18.9. The summed E-state index contributed by atoms with van der Waals surface area (Å²) in [6, 6.07) is 0. The van der Waals surface area contributed by atoms with E-state index < -0.39 is 6.10 Å². The van der Waals surface area contributed by atoms with E-state index in [0.717, 1.165) is 69.6 Å². The number of carbonyl (C=O) groups excluding carboxylic acids is 3. The molecule has 6 heteroatoms. The van der Waals surface area contributed by atoms with Gasteiger partial charge in [-0.2, -0.15) is 0 Å². The standard InChI is InChI=1S/C53H102O6/c1-6-8-9-10-11-12-13-14-15-16-23-28-33-38-43-51(54)57-46-50(47-58-52(55)44-39-34-29-24-19-17-21-26-31-36-41-48(3)4)59-53(56)45-40-35-30-25-20-18-22-27-32-37-42-49(5)7-2/h48-50H,6-47H2,1-5H3/t49?,50-/m1/s1. The molecule has 0 aromatic heterocycles. The molecule has 0 radical (unpaired) electrons. The van der Waals surface area contributed by atoms with Crippen molar-refractivity contribution in [2.24, 2.45) is 11.8 Å². The van der Waals surface area contributed by atoms with Gasteiger partial charge in [-0.25, -0.2) is 0 Å². The number of hydrogen-bond donors (Lipinski definition) is 0. The quantitative estimate of drug-likeness (QED) is 0.0345. The molecular weight excluding hydrogens is 733 g/mol. The third-order valence-corrected chi connectivity index (χ3v) is 12.3. The molecular formula is C53H102O6. The van der Waals surface area contributed by atoms with Crippen molar-refractivity contribution in [1.82, 2.24) is 0 Å². The zero-order chi connectivity index (χ0) is 43.3. The summed E-state index contributed by atoms with van der Waals surface area (Å²) in [5.41, 5.74) is 0. The van der Waals surface area contributed by atoms with E-state index in [2.05, 4.69) is 34.6 Å². The van der Waals surface area contributed by atoms with Crippen molar-refractivity contribution in [3.8, 4) is 0 Å². The number of carbonyl (C=O) groups is 3. The highest BCUT2D eigenvalue weighted by Crippen LogP contribution is 2.18. The molecule has 0 amide bonds. The summed E-state index contributed by atoms with van der Waals surface area (Å²) >= 11 is 0. The fraction of sp³-hybridized carbons (Fsp3) is 0.943. The highest BCUT2D eigenvalue weighted by molar-refractivity contribution is 5.71. The van der Waals surface area contributed by atoms with Gasteiger partial charge in [-0.15, -0.1) is 0 Å². The zero-order valence-electron chi connectivity index (χ0n) is 40.4. The minimum atomic E-state index is -0.762. The molecule has 1 unspecified atom stereocenters. The van der Waals surface area contributed by atoms with Crippen molar-refractivity contribution in [1.29, 1.82) is 0 Å². The van der Waals surface area contributed by atoms with Gasteiger partial charge in [-0.05, 0) is 31.1 Å². The maximum atomic E-state index is 12.8. The third-order valence-electron chi connectivity index (χ3n) is 12.3. The molecule has 0 N–H and O–H groups in total. The molecule has 0 saturated carbocycles. The van der Waals surface area contributed by atoms with Gasteiger partial charge < -0.3 is 14.2 Å². The average Bonchev–Trinajstić information content (AvgIpc) is 3.22. The van der Waals surface area contributed by atoms with E-state index in [-0.39, 0.29) is 31.1 Å². The Morgan fingerprint density at radius 2 is 0.644 bits per heavy atom. The minimum Gasteiger partial charge on any atom is -0.462 e. The van der Waals surface area contributed by atoms with Gasteiger partial charge in [0.05, 0.1) is 0 Å². The van der Waals surface area contributed by atoms with E-state index >= 15 is 0 Å². The van der Waals surface area contributed by atoms with Gasteiger partial charge in [0.25, 0.3) is 0 Å². The Kier molecular flexibility index (Phi) is 44.7. The summed E-state index contributed by atoms with van der Waals surface area (Å²) < 4.78 is 16.8. The first-order chi connectivity index (χ1) is 28.8. The number of ether oxygens (including phenoxy) is 3. The van der Waals surface area contributed by atoms with Gasteiger partial charge in [0.1, 0.15) is 13.2 Å². The maximum absolute atomic E-state index is 12.8. The summed E-state index contributed by atoms with van der Waals surface area (Å²) in [5, 5.41) is 0. The van der Waals surface area contributed by atoms with E-state index in [1.165, 1.54) is 180 Å². The molecule has 0 aliphatic carbocycles. The molecule has 350 valence electrons. The molecule has 0 aliphatic heterocycles. The first-order valence-electron chi connectivity index (χ1n) is 26.3. The van der Waals surface area contributed by atoms with Crippen LogP contribution in [0.4, 0.5) is 0 Å². The van der Waals surface area contributed by atoms with Crippen LogP contribution in [0, 0.1) is 11.8 Å². The van der Waals surface area contributed by atoms with Gasteiger partial charge in [0.2, 0.25) is 0 Å². The summed E-state index contributed by atoms with van der Waals surface area (Å²) in [6.07, 6.45) is 46.5. The van der Waals surface area contributed by atoms with Crippen LogP contribution in [0.5, 0.6) is 0 Å². The first kappa shape index (κ1) is 57.4. The lowest BCUT2D eigenvalue weighted by molar-refractivity contribution is -0.167. The molecule has 0 aliphatic rings. The van der Waals surface area contributed by atoms with Gasteiger partial charge in [0.15, 0.2) is 6.10 Å². The Morgan fingerprint density at radius 3 is 0.966 bits per heavy atom. The molecule has 0 rings (SSSR count). The lowest BCUT2D eigenvalue weighted by Crippen LogP contribution is -2.30. The molecule has 6 nitrogen and oxygen atoms in total. The Labute approximate surface area is 368 Å². The topological polar surface area (TPSA) is 78.9 Å². The highest BCUT2D eigenvalue weighted by atomic mass is 16.6. The predicted octanol–water partition coefficient (Wildman–Crippen LogP) is 16.9. The SMILES string of the molecule is CCCCCCCCCCCCCCCCC(=O)OC[C@H](COC(=O)CCCCCCCCCCCCC(C)C)OC(=O)CCCCCCCCCCCCC(C)CC. The van der Waals surface area contributed by atoms with Crippen LogP contribution in [0.25, 0.3) is 0 Å². The number of unbranched alkanes of at least 4 members (excludes halogenated alkanes) is 31. The van der Waals surface area contributed by atoms with Crippen molar-refractivity contribution >= 4 is 17.9 Å². The van der Waals surface area contributed by atoms with Crippen molar-refractivity contribution in [3.63, 3.8) is 0 Å². The number of hydrogen-bond acceptors (Lipinski definition) is 6. The van der Waals surface area contributed by atoms with Crippen LogP contribution in [-0.4, -0.2) is 37.2 Å². The molecule has 0 aromatic rings. The van der Waals surface area contributed by atoms with E-state index in [0.29, 0.717) is 19.3 Å². The van der Waals surface area contributed by atoms with Crippen molar-refractivity contribution < 1.29 is 28.6 Å². The van der Waals surface area contributed by atoms with Crippen LogP contribution in [0.2, 0.25) is 0 Å². The van der Waals surface area contributed by atoms with Crippen LogP contribution in [-0.2, 0) is 28.6 Å². The van der Waals surface area contributed by atoms with E-state index in [9.17, 15) is 14.4 Å². The second kappa shape index (κ2) is 45.9. The van der Waals surface area contributed by atoms with Gasteiger partial charge in [-0.1, -0.05) is 253 Å². The van der Waals surface area contributed by atoms with E-state index in [1.54, 1.807) is 0 Å². The van der Waals surface area contributed by atoms with Crippen molar-refractivity contribution in [3.05, 3.63) is 0 Å². The Morgan fingerprint density at radius 1 is 0.356 bits per heavy atom. The number of esters is 3. The summed E-state index contributed by atoms with van der Waals surface area (Å²) in [7, 11) is 0. The predicted molar refractivity (Wildman–Crippen MR) is 252 cm³/mol. The molecule has 0 aromatic carbocycles. The van der Waals surface area contributed by atoms with E-state index in [4.69, 9.17) is 14.2 Å². The molecule has 59 heavy (non-hydrogen) atoms. The fourth-order valence-electron chi connectivity index (χ4n) is 7.96. The van der Waals surface area contributed by atoms with Crippen molar-refractivity contribution in [2.45, 2.75) is 298 Å². The third kappa shape index (κ3) is 45.8. The lowest BCUT2D eigenvalue weighted by Gasteiger charge is -2.18. The molecule has 0 heterocycles. The fourth-order valence-corrected chi connectivity index (χ4v) is 7.96. The zero-order valence-corrected chi connectivity index (χ0v) is 40.4. The summed E-state index contributed by atoms with van der Waals surface area (Å²) in [6.45, 7) is 11.4. The minimum absolute atomic E-state index is 0.0637. The van der Waals surface area contributed by atoms with Crippen molar-refractivity contribution in [2.75, 3.05) is 13.2 Å². The van der Waals surface area contributed by atoms with Crippen LogP contribution in [0.15, 0.2) is 0 Å². The molecule has 0 fully saturated rings. The lowest BCUT2D eigenvalue weighted by atomic mass is 9.99. The smallest absolute Gasteiger partial charge is 0.306 e. The average molecular weight is 835 g/mol. The van der Waals surface area contributed by atoms with Crippen LogP contribution in [0.1, 0.15) is 291 Å².